The highest BCUT2D eigenvalue weighted by Gasteiger charge is 2.18. The SMILES string of the molecule is CC(C)(C)c1ccc(-c2nc3ccccc3n2-c2ccc(-c3cccc4ccc(-c5ccc6cc(C(C)(C)C)ccc6c5)cc34)cc2)cc1. The van der Waals surface area contributed by atoms with Crippen LogP contribution in [0.1, 0.15) is 52.7 Å². The number of aromatic nitrogens is 2. The molecule has 7 aromatic carbocycles. The molecule has 0 atom stereocenters. The molecule has 0 aliphatic heterocycles. The van der Waals surface area contributed by atoms with E-state index in [-0.39, 0.29) is 10.8 Å². The molecule has 0 aliphatic carbocycles. The highest BCUT2D eigenvalue weighted by atomic mass is 15.1. The van der Waals surface area contributed by atoms with Gasteiger partial charge < -0.3 is 0 Å². The molecule has 49 heavy (non-hydrogen) atoms. The monoisotopic (exact) mass is 634 g/mol. The highest BCUT2D eigenvalue weighted by Crippen LogP contribution is 2.36. The van der Waals surface area contributed by atoms with E-state index in [9.17, 15) is 0 Å². The van der Waals surface area contributed by atoms with E-state index in [1.165, 1.54) is 54.9 Å². The second kappa shape index (κ2) is 11.6. The summed E-state index contributed by atoms with van der Waals surface area (Å²) in [6, 6.07) is 53.4. The fourth-order valence-electron chi connectivity index (χ4n) is 6.99. The minimum Gasteiger partial charge on any atom is -0.292 e. The first-order chi connectivity index (χ1) is 23.5. The summed E-state index contributed by atoms with van der Waals surface area (Å²) in [4.78, 5) is 5.11. The fourth-order valence-corrected chi connectivity index (χ4v) is 6.99. The van der Waals surface area contributed by atoms with Gasteiger partial charge in [0.15, 0.2) is 0 Å². The van der Waals surface area contributed by atoms with Crippen LogP contribution in [0.2, 0.25) is 0 Å². The Morgan fingerprint density at radius 3 is 1.78 bits per heavy atom. The Hall–Kier alpha value is -5.47. The molecule has 1 aromatic heterocycles. The predicted octanol–water partition coefficient (Wildman–Crippen LogP) is 12.9. The Morgan fingerprint density at radius 1 is 0.449 bits per heavy atom. The summed E-state index contributed by atoms with van der Waals surface area (Å²) in [5.41, 5.74) is 12.1. The van der Waals surface area contributed by atoms with Gasteiger partial charge in [-0.15, -0.1) is 0 Å². The summed E-state index contributed by atoms with van der Waals surface area (Å²) in [7, 11) is 0. The molecule has 240 valence electrons. The van der Waals surface area contributed by atoms with Gasteiger partial charge in [-0.1, -0.05) is 151 Å². The van der Waals surface area contributed by atoms with Gasteiger partial charge in [0.25, 0.3) is 0 Å². The van der Waals surface area contributed by atoms with Crippen molar-refractivity contribution < 1.29 is 0 Å². The van der Waals surface area contributed by atoms with Crippen LogP contribution in [0.15, 0.2) is 146 Å². The third kappa shape index (κ3) is 5.72. The largest absolute Gasteiger partial charge is 0.292 e. The molecule has 2 heteroatoms. The lowest BCUT2D eigenvalue weighted by molar-refractivity contribution is 0.590. The Kier molecular flexibility index (Phi) is 7.30. The van der Waals surface area contributed by atoms with Gasteiger partial charge in [-0.25, -0.2) is 4.98 Å². The van der Waals surface area contributed by atoms with Crippen LogP contribution >= 0.6 is 0 Å². The zero-order valence-corrected chi connectivity index (χ0v) is 29.3. The summed E-state index contributed by atoms with van der Waals surface area (Å²) in [5, 5.41) is 5.05. The van der Waals surface area contributed by atoms with Crippen LogP contribution < -0.4 is 0 Å². The van der Waals surface area contributed by atoms with Crippen LogP contribution in [0.3, 0.4) is 0 Å². The van der Waals surface area contributed by atoms with Gasteiger partial charge in [-0.05, 0) is 102 Å². The Morgan fingerprint density at radius 2 is 1.04 bits per heavy atom. The molecule has 0 N–H and O–H groups in total. The molecule has 8 aromatic rings. The van der Waals surface area contributed by atoms with E-state index in [4.69, 9.17) is 4.98 Å². The number of fused-ring (bicyclic) bond motifs is 3. The Labute approximate surface area is 289 Å². The lowest BCUT2D eigenvalue weighted by Crippen LogP contribution is -2.10. The molecule has 8 rings (SSSR count). The second-order valence-corrected chi connectivity index (χ2v) is 15.4. The first-order valence-corrected chi connectivity index (χ1v) is 17.3. The predicted molar refractivity (Wildman–Crippen MR) is 210 cm³/mol. The van der Waals surface area contributed by atoms with Crippen molar-refractivity contribution in [1.29, 1.82) is 0 Å². The standard InChI is InChI=1S/C47H42N2/c1-46(2,3)38-23-18-33(19-24-38)45-48-43-12-7-8-13-44(43)49(45)40-26-21-32(22-27-40)41-11-9-10-31-14-15-37(30-42(31)41)34-16-17-36-29-39(47(4,5)6)25-20-35(36)28-34/h7-30H,1-6H3. The van der Waals surface area contributed by atoms with Crippen molar-refractivity contribution in [2.24, 2.45) is 0 Å². The second-order valence-electron chi connectivity index (χ2n) is 15.4. The van der Waals surface area contributed by atoms with Gasteiger partial charge in [-0.3, -0.25) is 4.57 Å². The average molecular weight is 635 g/mol. The van der Waals surface area contributed by atoms with Crippen LogP contribution in [0, 0.1) is 0 Å². The van der Waals surface area contributed by atoms with Gasteiger partial charge in [0.2, 0.25) is 0 Å². The van der Waals surface area contributed by atoms with Crippen molar-refractivity contribution in [1.82, 2.24) is 9.55 Å². The summed E-state index contributed by atoms with van der Waals surface area (Å²) < 4.78 is 2.29. The third-order valence-corrected chi connectivity index (χ3v) is 9.93. The zero-order chi connectivity index (χ0) is 33.9. The van der Waals surface area contributed by atoms with E-state index < -0.39 is 0 Å². The van der Waals surface area contributed by atoms with Crippen molar-refractivity contribution in [3.8, 4) is 39.3 Å². The normalized spacial score (nSPS) is 12.3. The molecule has 0 bridgehead atoms. The van der Waals surface area contributed by atoms with Crippen LogP contribution in [0.25, 0.3) is 71.9 Å². The van der Waals surface area contributed by atoms with E-state index in [0.29, 0.717) is 0 Å². The maximum atomic E-state index is 5.11. The number of para-hydroxylation sites is 2. The van der Waals surface area contributed by atoms with E-state index in [1.54, 1.807) is 0 Å². The molecule has 0 amide bonds. The van der Waals surface area contributed by atoms with Crippen molar-refractivity contribution in [3.05, 3.63) is 157 Å². The van der Waals surface area contributed by atoms with Gasteiger partial charge >= 0.3 is 0 Å². The van der Waals surface area contributed by atoms with Crippen molar-refractivity contribution in [2.45, 2.75) is 52.4 Å². The highest BCUT2D eigenvalue weighted by molar-refractivity contribution is 6.00. The number of imidazole rings is 1. The number of hydrogen-bond acceptors (Lipinski definition) is 1. The smallest absolute Gasteiger partial charge is 0.145 e. The van der Waals surface area contributed by atoms with Crippen LogP contribution in [-0.2, 0) is 10.8 Å². The van der Waals surface area contributed by atoms with Gasteiger partial charge in [0, 0.05) is 11.3 Å². The third-order valence-electron chi connectivity index (χ3n) is 9.93. The summed E-state index contributed by atoms with van der Waals surface area (Å²) >= 11 is 0. The van der Waals surface area contributed by atoms with E-state index >= 15 is 0 Å². The van der Waals surface area contributed by atoms with Crippen molar-refractivity contribution in [2.75, 3.05) is 0 Å². The fraction of sp³-hybridized carbons (Fsp3) is 0.170. The number of nitrogens with zero attached hydrogens (tertiary/aromatic N) is 2. The van der Waals surface area contributed by atoms with E-state index in [1.807, 2.05) is 0 Å². The maximum absolute atomic E-state index is 5.11. The summed E-state index contributed by atoms with van der Waals surface area (Å²) in [5.74, 6) is 0.953. The molecule has 1 heterocycles. The number of rotatable bonds is 4. The summed E-state index contributed by atoms with van der Waals surface area (Å²) in [6.07, 6.45) is 0. The van der Waals surface area contributed by atoms with Gasteiger partial charge in [0.1, 0.15) is 5.82 Å². The Bertz CT molecular complexity index is 2480. The molecule has 2 nitrogen and oxygen atoms in total. The average Bonchev–Trinajstić information content (AvgIpc) is 3.50. The maximum Gasteiger partial charge on any atom is 0.145 e. The molecule has 0 fully saturated rings. The number of benzene rings is 7. The lowest BCUT2D eigenvalue weighted by atomic mass is 9.85. The van der Waals surface area contributed by atoms with Crippen molar-refractivity contribution in [3.63, 3.8) is 0 Å². The minimum absolute atomic E-state index is 0.100. The first-order valence-electron chi connectivity index (χ1n) is 17.3. The van der Waals surface area contributed by atoms with Crippen LogP contribution in [-0.4, -0.2) is 9.55 Å². The molecule has 0 aliphatic rings. The molecular weight excluding hydrogens is 593 g/mol. The molecule has 0 unspecified atom stereocenters. The number of hydrogen-bond donors (Lipinski definition) is 0. The molecule has 0 saturated carbocycles. The van der Waals surface area contributed by atoms with Gasteiger partial charge in [0.05, 0.1) is 11.0 Å². The molecule has 0 saturated heterocycles. The molecule has 0 spiro atoms. The van der Waals surface area contributed by atoms with Crippen LogP contribution in [0.4, 0.5) is 0 Å². The summed E-state index contributed by atoms with van der Waals surface area (Å²) in [6.45, 7) is 13.6. The molecular formula is C47H42N2. The van der Waals surface area contributed by atoms with E-state index in [2.05, 4.69) is 192 Å². The topological polar surface area (TPSA) is 17.8 Å². The molecule has 0 radical (unpaired) electrons. The van der Waals surface area contributed by atoms with Crippen molar-refractivity contribution >= 4 is 32.6 Å². The van der Waals surface area contributed by atoms with E-state index in [0.717, 1.165) is 28.1 Å². The first kappa shape index (κ1) is 30.8. The van der Waals surface area contributed by atoms with Gasteiger partial charge in [-0.2, -0.15) is 0 Å². The minimum atomic E-state index is 0.100. The Balaban J connectivity index is 1.18. The van der Waals surface area contributed by atoms with Crippen LogP contribution in [0.5, 0.6) is 0 Å². The quantitative estimate of drug-likeness (QED) is 0.188. The lowest BCUT2D eigenvalue weighted by Gasteiger charge is -2.19. The zero-order valence-electron chi connectivity index (χ0n) is 29.3.